The zero-order valence-electron chi connectivity index (χ0n) is 16.7. The molecule has 1 aliphatic carbocycles. The van der Waals surface area contributed by atoms with Crippen LogP contribution in [-0.2, 0) is 7.05 Å². The molecule has 0 bridgehead atoms. The van der Waals surface area contributed by atoms with Crippen LogP contribution in [0, 0.1) is 5.92 Å². The number of hydrogen-bond donors (Lipinski definition) is 2. The van der Waals surface area contributed by atoms with E-state index in [9.17, 15) is 13.6 Å². The maximum absolute atomic E-state index is 12.7. The first-order valence-electron chi connectivity index (χ1n) is 9.78. The van der Waals surface area contributed by atoms with Crippen LogP contribution >= 0.6 is 0 Å². The van der Waals surface area contributed by atoms with Crippen LogP contribution < -0.4 is 11.1 Å². The van der Waals surface area contributed by atoms with Crippen molar-refractivity contribution in [3.05, 3.63) is 54.1 Å². The van der Waals surface area contributed by atoms with Crippen molar-refractivity contribution in [2.75, 3.05) is 5.32 Å². The largest absolute Gasteiger partial charge is 0.368 e. The number of rotatable bonds is 4. The van der Waals surface area contributed by atoms with Crippen molar-refractivity contribution < 1.29 is 13.6 Å². The highest BCUT2D eigenvalue weighted by Crippen LogP contribution is 2.27. The van der Waals surface area contributed by atoms with E-state index in [4.69, 9.17) is 5.73 Å². The second-order valence-electron chi connectivity index (χ2n) is 7.64. The third kappa shape index (κ3) is 5.34. The number of anilines is 1. The minimum absolute atomic E-state index is 0.170. The van der Waals surface area contributed by atoms with Gasteiger partial charge < -0.3 is 15.6 Å². The van der Waals surface area contributed by atoms with Gasteiger partial charge in [0.15, 0.2) is 0 Å². The van der Waals surface area contributed by atoms with E-state index in [1.54, 1.807) is 33.5 Å². The summed E-state index contributed by atoms with van der Waals surface area (Å²) in [7, 11) is 1.84. The Hall–Kier alpha value is -2.90. The van der Waals surface area contributed by atoms with Crippen LogP contribution in [0.2, 0.25) is 0 Å². The zero-order chi connectivity index (χ0) is 21.0. The summed E-state index contributed by atoms with van der Waals surface area (Å²) in [5.74, 6) is 1.26. The number of carbonyl (C=O) groups excluding carboxylic acids is 1. The Morgan fingerprint density at radius 2 is 1.93 bits per heavy atom. The van der Waals surface area contributed by atoms with Gasteiger partial charge in [-0.1, -0.05) is 13.0 Å². The molecular weight excluding hydrogens is 376 g/mol. The van der Waals surface area contributed by atoms with Crippen LogP contribution in [0.25, 0.3) is 5.65 Å². The molecule has 0 spiro atoms. The van der Waals surface area contributed by atoms with E-state index in [0.717, 1.165) is 24.6 Å². The Bertz CT molecular complexity index is 957. The summed E-state index contributed by atoms with van der Waals surface area (Å²) in [5, 5.41) is 3.47. The quantitative estimate of drug-likeness (QED) is 0.678. The number of nitrogens with one attached hydrogen (secondary N) is 1. The standard InChI is InChI=1S/C15H19F2N3.C6H8N2O/c1-10-5-7-11(8-6-10)18-13-3-2-4-14-19-12(15(16)17)9-20(13)14;1-8-3-2-5(4-8)6(7)9/h2-4,9-11,15,18H,5-8H2,1H3;2-4H,1H3,(H2,7,9). The van der Waals surface area contributed by atoms with Crippen LogP contribution in [0.1, 0.15) is 55.1 Å². The molecule has 1 amide bonds. The van der Waals surface area contributed by atoms with Crippen molar-refractivity contribution in [2.24, 2.45) is 18.7 Å². The molecule has 0 aromatic carbocycles. The first-order valence-corrected chi connectivity index (χ1v) is 9.78. The minimum Gasteiger partial charge on any atom is -0.368 e. The second-order valence-corrected chi connectivity index (χ2v) is 7.64. The van der Waals surface area contributed by atoms with Crippen LogP contribution in [0.3, 0.4) is 0 Å². The van der Waals surface area contributed by atoms with Gasteiger partial charge in [0.1, 0.15) is 17.2 Å². The molecule has 0 atom stereocenters. The molecule has 1 saturated carbocycles. The number of amides is 1. The second kappa shape index (κ2) is 9.07. The number of nitrogens with two attached hydrogens (primary N) is 1. The van der Waals surface area contributed by atoms with Gasteiger partial charge in [0.25, 0.3) is 6.43 Å². The number of nitrogens with zero attached hydrogens (tertiary/aromatic N) is 3. The molecule has 0 unspecified atom stereocenters. The van der Waals surface area contributed by atoms with E-state index < -0.39 is 6.43 Å². The van der Waals surface area contributed by atoms with Gasteiger partial charge in [-0.3, -0.25) is 9.20 Å². The first kappa shape index (κ1) is 20.8. The molecule has 0 saturated heterocycles. The monoisotopic (exact) mass is 403 g/mol. The smallest absolute Gasteiger partial charge is 0.281 e. The number of carbonyl (C=O) groups is 1. The fraction of sp³-hybridized carbons (Fsp3) is 0.429. The first-order chi connectivity index (χ1) is 13.8. The van der Waals surface area contributed by atoms with Crippen molar-refractivity contribution in [3.8, 4) is 0 Å². The Balaban J connectivity index is 0.000000224. The fourth-order valence-corrected chi connectivity index (χ4v) is 3.51. The van der Waals surface area contributed by atoms with Crippen LogP contribution in [0.15, 0.2) is 42.9 Å². The molecule has 0 aliphatic heterocycles. The number of fused-ring (bicyclic) bond motifs is 1. The number of aryl methyl sites for hydroxylation is 1. The van der Waals surface area contributed by atoms with Crippen LogP contribution in [0.5, 0.6) is 0 Å². The van der Waals surface area contributed by atoms with Gasteiger partial charge in [-0.05, 0) is 49.8 Å². The van der Waals surface area contributed by atoms with E-state index in [1.165, 1.54) is 19.0 Å². The van der Waals surface area contributed by atoms with Crippen molar-refractivity contribution >= 4 is 17.4 Å². The summed E-state index contributed by atoms with van der Waals surface area (Å²) >= 11 is 0. The molecular formula is C21H27F2N5O. The van der Waals surface area contributed by atoms with Gasteiger partial charge in [0.05, 0.1) is 5.56 Å². The van der Waals surface area contributed by atoms with Gasteiger partial charge in [-0.2, -0.15) is 0 Å². The molecule has 8 heteroatoms. The van der Waals surface area contributed by atoms with Crippen molar-refractivity contribution in [1.82, 2.24) is 14.0 Å². The van der Waals surface area contributed by atoms with E-state index in [1.807, 2.05) is 19.2 Å². The molecule has 4 rings (SSSR count). The normalized spacial score (nSPS) is 19.1. The molecule has 3 aromatic heterocycles. The molecule has 6 nitrogen and oxygen atoms in total. The maximum Gasteiger partial charge on any atom is 0.281 e. The van der Waals surface area contributed by atoms with Gasteiger partial charge in [-0.15, -0.1) is 0 Å². The lowest BCUT2D eigenvalue weighted by Crippen LogP contribution is -2.26. The topological polar surface area (TPSA) is 77.3 Å². The van der Waals surface area contributed by atoms with E-state index in [2.05, 4.69) is 17.2 Å². The molecule has 3 aromatic rings. The van der Waals surface area contributed by atoms with Crippen molar-refractivity contribution in [1.29, 1.82) is 0 Å². The summed E-state index contributed by atoms with van der Waals surface area (Å²) in [5.41, 5.74) is 5.92. The third-order valence-electron chi connectivity index (χ3n) is 5.22. The number of hydrogen-bond acceptors (Lipinski definition) is 3. The lowest BCUT2D eigenvalue weighted by Gasteiger charge is -2.27. The molecule has 3 N–H and O–H groups in total. The number of alkyl halides is 2. The number of aromatic nitrogens is 3. The van der Waals surface area contributed by atoms with Crippen molar-refractivity contribution in [3.63, 3.8) is 0 Å². The highest BCUT2D eigenvalue weighted by Gasteiger charge is 2.19. The highest BCUT2D eigenvalue weighted by molar-refractivity contribution is 5.92. The number of halogens is 2. The van der Waals surface area contributed by atoms with E-state index in [0.29, 0.717) is 17.3 Å². The molecule has 156 valence electrons. The summed E-state index contributed by atoms with van der Waals surface area (Å²) in [6, 6.07) is 7.63. The Morgan fingerprint density at radius 1 is 1.21 bits per heavy atom. The van der Waals surface area contributed by atoms with Crippen LogP contribution in [-0.4, -0.2) is 25.9 Å². The number of imidazole rings is 1. The Kier molecular flexibility index (Phi) is 6.51. The lowest BCUT2D eigenvalue weighted by atomic mass is 9.87. The SMILES string of the molecule is CC1CCC(Nc2cccc3nc(C(F)F)cn23)CC1.Cn1ccc(C(N)=O)c1. The fourth-order valence-electron chi connectivity index (χ4n) is 3.51. The van der Waals surface area contributed by atoms with Crippen LogP contribution in [0.4, 0.5) is 14.6 Å². The molecule has 0 radical (unpaired) electrons. The van der Waals surface area contributed by atoms with Gasteiger partial charge in [-0.25, -0.2) is 13.8 Å². The maximum atomic E-state index is 12.7. The van der Waals surface area contributed by atoms with Crippen molar-refractivity contribution in [2.45, 2.75) is 45.1 Å². The summed E-state index contributed by atoms with van der Waals surface area (Å²) in [4.78, 5) is 14.4. The zero-order valence-corrected chi connectivity index (χ0v) is 16.7. The average Bonchev–Trinajstić information content (AvgIpc) is 3.31. The highest BCUT2D eigenvalue weighted by atomic mass is 19.3. The lowest BCUT2D eigenvalue weighted by molar-refractivity contribution is 0.1000. The Morgan fingerprint density at radius 3 is 2.48 bits per heavy atom. The Labute approximate surface area is 168 Å². The molecule has 1 fully saturated rings. The van der Waals surface area contributed by atoms with Gasteiger partial charge in [0.2, 0.25) is 5.91 Å². The summed E-state index contributed by atoms with van der Waals surface area (Å²) in [6.45, 7) is 2.28. The van der Waals surface area contributed by atoms with E-state index >= 15 is 0 Å². The third-order valence-corrected chi connectivity index (χ3v) is 5.22. The predicted octanol–water partition coefficient (Wildman–Crippen LogP) is 4.39. The molecule has 1 aliphatic rings. The van der Waals surface area contributed by atoms with Gasteiger partial charge in [0, 0.05) is 31.7 Å². The number of primary amides is 1. The van der Waals surface area contributed by atoms with Gasteiger partial charge >= 0.3 is 0 Å². The minimum atomic E-state index is -2.53. The number of pyridine rings is 1. The summed E-state index contributed by atoms with van der Waals surface area (Å²) in [6.07, 6.45) is 7.07. The average molecular weight is 403 g/mol. The van der Waals surface area contributed by atoms with E-state index in [-0.39, 0.29) is 11.6 Å². The molecule has 29 heavy (non-hydrogen) atoms. The predicted molar refractivity (Wildman–Crippen MR) is 109 cm³/mol. The summed E-state index contributed by atoms with van der Waals surface area (Å²) < 4.78 is 29.0. The molecule has 3 heterocycles.